The Labute approximate surface area is 136 Å². The first kappa shape index (κ1) is 16.0. The Bertz CT molecular complexity index is 562. The van der Waals surface area contributed by atoms with Gasteiger partial charge in [0.15, 0.2) is 0 Å². The predicted octanol–water partition coefficient (Wildman–Crippen LogP) is 1.81. The molecule has 2 saturated heterocycles. The third-order valence-corrected chi connectivity index (χ3v) is 5.05. The number of carbonyl (C=O) groups excluding carboxylic acids is 2. The number of aliphatic hydroxyl groups excluding tert-OH is 1. The molecule has 124 valence electrons. The molecule has 0 aliphatic carbocycles. The first-order valence-corrected chi connectivity index (χ1v) is 8.47. The van der Waals surface area contributed by atoms with Gasteiger partial charge in [0.25, 0.3) is 0 Å². The molecule has 23 heavy (non-hydrogen) atoms. The predicted molar refractivity (Wildman–Crippen MR) is 88.2 cm³/mol. The summed E-state index contributed by atoms with van der Waals surface area (Å²) in [4.78, 5) is 25.5. The molecule has 5 nitrogen and oxygen atoms in total. The maximum Gasteiger partial charge on any atom is 0.234 e. The summed E-state index contributed by atoms with van der Waals surface area (Å²) in [5, 5.41) is 11.4. The van der Waals surface area contributed by atoms with Crippen LogP contribution in [0.1, 0.15) is 43.6 Å². The zero-order valence-corrected chi connectivity index (χ0v) is 13.3. The average molecular weight is 316 g/mol. The molecule has 2 heterocycles. The van der Waals surface area contributed by atoms with Crippen LogP contribution in [0.2, 0.25) is 0 Å². The van der Waals surface area contributed by atoms with Crippen molar-refractivity contribution in [3.05, 3.63) is 29.8 Å². The molecule has 1 aromatic carbocycles. The smallest absolute Gasteiger partial charge is 0.234 e. The van der Waals surface area contributed by atoms with E-state index in [9.17, 15) is 9.59 Å². The van der Waals surface area contributed by atoms with Crippen LogP contribution < -0.4 is 10.2 Å². The van der Waals surface area contributed by atoms with E-state index < -0.39 is 0 Å². The lowest BCUT2D eigenvalue weighted by atomic mass is 9.90. The Morgan fingerprint density at radius 1 is 1.09 bits per heavy atom. The molecule has 2 fully saturated rings. The van der Waals surface area contributed by atoms with Crippen LogP contribution in [0.4, 0.5) is 5.69 Å². The molecule has 2 N–H and O–H groups in total. The van der Waals surface area contributed by atoms with Crippen LogP contribution in [0, 0.1) is 5.92 Å². The van der Waals surface area contributed by atoms with Crippen molar-refractivity contribution in [3.8, 4) is 0 Å². The number of piperidine rings is 2. The topological polar surface area (TPSA) is 69.6 Å². The molecule has 0 aromatic heterocycles. The number of hydrogen-bond acceptors (Lipinski definition) is 4. The number of hydrogen-bond donors (Lipinski definition) is 2. The molecule has 0 saturated carbocycles. The summed E-state index contributed by atoms with van der Waals surface area (Å²) in [6.45, 7) is 2.32. The fourth-order valence-electron chi connectivity index (χ4n) is 3.59. The Morgan fingerprint density at radius 3 is 2.39 bits per heavy atom. The molecule has 1 aromatic rings. The van der Waals surface area contributed by atoms with Gasteiger partial charge >= 0.3 is 0 Å². The van der Waals surface area contributed by atoms with E-state index in [-0.39, 0.29) is 24.3 Å². The van der Waals surface area contributed by atoms with Crippen LogP contribution in [0.25, 0.3) is 0 Å². The minimum atomic E-state index is -0.211. The van der Waals surface area contributed by atoms with Crippen molar-refractivity contribution < 1.29 is 14.7 Å². The van der Waals surface area contributed by atoms with E-state index in [0.29, 0.717) is 18.8 Å². The number of benzene rings is 1. The minimum absolute atomic E-state index is 0.173. The van der Waals surface area contributed by atoms with Gasteiger partial charge in [0, 0.05) is 31.8 Å². The molecule has 1 atom stereocenters. The van der Waals surface area contributed by atoms with Crippen molar-refractivity contribution in [1.82, 2.24) is 5.32 Å². The zero-order valence-electron chi connectivity index (χ0n) is 13.3. The highest BCUT2D eigenvalue weighted by Gasteiger charge is 2.28. The molecule has 0 spiro atoms. The summed E-state index contributed by atoms with van der Waals surface area (Å²) < 4.78 is 0. The number of aliphatic hydroxyl groups is 1. The first-order chi connectivity index (χ1) is 11.2. The zero-order chi connectivity index (χ0) is 16.2. The number of imide groups is 1. The van der Waals surface area contributed by atoms with E-state index in [1.54, 1.807) is 0 Å². The van der Waals surface area contributed by atoms with Crippen LogP contribution in [0.5, 0.6) is 0 Å². The highest BCUT2D eigenvalue weighted by Crippen LogP contribution is 2.29. The maximum absolute atomic E-state index is 11.9. The lowest BCUT2D eigenvalue weighted by Crippen LogP contribution is -2.39. The third-order valence-electron chi connectivity index (χ3n) is 5.05. The second-order valence-electron chi connectivity index (χ2n) is 6.54. The van der Waals surface area contributed by atoms with E-state index in [2.05, 4.69) is 22.3 Å². The minimum Gasteiger partial charge on any atom is -0.396 e. The van der Waals surface area contributed by atoms with Crippen LogP contribution in [0.15, 0.2) is 24.3 Å². The number of rotatable bonds is 4. The fraction of sp³-hybridized carbons (Fsp3) is 0.556. The van der Waals surface area contributed by atoms with Gasteiger partial charge in [-0.3, -0.25) is 14.9 Å². The van der Waals surface area contributed by atoms with Crippen LogP contribution in [0.3, 0.4) is 0 Å². The number of anilines is 1. The molecule has 0 radical (unpaired) electrons. The summed E-state index contributed by atoms with van der Waals surface area (Å²) >= 11 is 0. The number of carbonyl (C=O) groups is 2. The molecule has 5 heteroatoms. The summed E-state index contributed by atoms with van der Waals surface area (Å²) in [5.41, 5.74) is 2.16. The van der Waals surface area contributed by atoms with E-state index in [1.165, 1.54) is 5.69 Å². The number of nitrogens with one attached hydrogen (secondary N) is 1. The highest BCUT2D eigenvalue weighted by atomic mass is 16.3. The Balaban J connectivity index is 1.61. The molecule has 3 rings (SSSR count). The van der Waals surface area contributed by atoms with E-state index in [4.69, 9.17) is 5.11 Å². The van der Waals surface area contributed by atoms with Gasteiger partial charge in [0.1, 0.15) is 0 Å². The monoisotopic (exact) mass is 316 g/mol. The maximum atomic E-state index is 11.9. The average Bonchev–Trinajstić information content (AvgIpc) is 2.56. The van der Waals surface area contributed by atoms with Gasteiger partial charge in [-0.25, -0.2) is 0 Å². The number of amides is 2. The molecule has 2 aliphatic rings. The molecule has 2 aliphatic heterocycles. The van der Waals surface area contributed by atoms with Gasteiger partial charge in [0.05, 0.1) is 5.92 Å². The quantitative estimate of drug-likeness (QED) is 0.831. The SMILES string of the molecule is O=C1CC[C@H](c2ccc(N3CCC(CCO)CC3)cc2)C(=O)N1. The van der Waals surface area contributed by atoms with Crippen LogP contribution in [-0.2, 0) is 9.59 Å². The van der Waals surface area contributed by atoms with Gasteiger partial charge in [0.2, 0.25) is 11.8 Å². The van der Waals surface area contributed by atoms with Crippen molar-refractivity contribution in [1.29, 1.82) is 0 Å². The van der Waals surface area contributed by atoms with Gasteiger partial charge in [-0.05, 0) is 49.3 Å². The molecular formula is C18H24N2O3. The van der Waals surface area contributed by atoms with Gasteiger partial charge in [-0.15, -0.1) is 0 Å². The lowest BCUT2D eigenvalue weighted by Gasteiger charge is -2.33. The molecular weight excluding hydrogens is 292 g/mol. The third kappa shape index (κ3) is 3.72. The second-order valence-corrected chi connectivity index (χ2v) is 6.54. The summed E-state index contributed by atoms with van der Waals surface area (Å²) in [7, 11) is 0. The second kappa shape index (κ2) is 7.13. The van der Waals surface area contributed by atoms with E-state index in [1.807, 2.05) is 12.1 Å². The Hall–Kier alpha value is -1.88. The number of nitrogens with zero attached hydrogens (tertiary/aromatic N) is 1. The summed E-state index contributed by atoms with van der Waals surface area (Å²) in [5.74, 6) is 0.0727. The first-order valence-electron chi connectivity index (χ1n) is 8.47. The molecule has 0 unspecified atom stereocenters. The van der Waals surface area contributed by atoms with Gasteiger partial charge < -0.3 is 10.0 Å². The van der Waals surface area contributed by atoms with E-state index in [0.717, 1.165) is 37.9 Å². The van der Waals surface area contributed by atoms with Crippen molar-refractivity contribution in [2.45, 2.75) is 38.0 Å². The lowest BCUT2D eigenvalue weighted by molar-refractivity contribution is -0.134. The standard InChI is InChI=1S/C18H24N2O3/c21-12-9-13-7-10-20(11-8-13)15-3-1-14(2-4-15)16-5-6-17(22)19-18(16)23/h1-4,13,16,21H,5-12H2,(H,19,22,23)/t16-/m1/s1. The van der Waals surface area contributed by atoms with Crippen molar-refractivity contribution in [2.75, 3.05) is 24.6 Å². The van der Waals surface area contributed by atoms with Crippen molar-refractivity contribution in [2.24, 2.45) is 5.92 Å². The molecule has 0 bridgehead atoms. The van der Waals surface area contributed by atoms with Crippen molar-refractivity contribution in [3.63, 3.8) is 0 Å². The normalized spacial score (nSPS) is 23.0. The largest absolute Gasteiger partial charge is 0.396 e. The van der Waals surface area contributed by atoms with E-state index >= 15 is 0 Å². The van der Waals surface area contributed by atoms with Crippen molar-refractivity contribution >= 4 is 17.5 Å². The van der Waals surface area contributed by atoms with Crippen LogP contribution in [-0.4, -0.2) is 36.6 Å². The fourth-order valence-corrected chi connectivity index (χ4v) is 3.59. The molecule has 2 amide bonds. The van der Waals surface area contributed by atoms with Gasteiger partial charge in [-0.2, -0.15) is 0 Å². The van der Waals surface area contributed by atoms with Crippen LogP contribution >= 0.6 is 0 Å². The Morgan fingerprint density at radius 2 is 1.78 bits per heavy atom. The van der Waals surface area contributed by atoms with Gasteiger partial charge in [-0.1, -0.05) is 12.1 Å². The summed E-state index contributed by atoms with van der Waals surface area (Å²) in [6, 6.07) is 8.17. The Kier molecular flexibility index (Phi) is 4.96. The highest BCUT2D eigenvalue weighted by molar-refractivity contribution is 6.00. The summed E-state index contributed by atoms with van der Waals surface area (Å²) in [6.07, 6.45) is 4.15.